The Hall–Kier alpha value is -2.95. The van der Waals surface area contributed by atoms with Crippen LogP contribution < -0.4 is 14.8 Å². The van der Waals surface area contributed by atoms with Crippen LogP contribution in [-0.2, 0) is 24.3 Å². The highest BCUT2D eigenvalue weighted by Crippen LogP contribution is 2.18. The first-order valence-corrected chi connectivity index (χ1v) is 10.5. The fourth-order valence-electron chi connectivity index (χ4n) is 2.47. The Balaban J connectivity index is 2.03. The number of carbonyl (C=O) groups excluding carboxylic acids is 2. The van der Waals surface area contributed by atoms with E-state index in [4.69, 9.17) is 9.47 Å². The van der Waals surface area contributed by atoms with Crippen LogP contribution in [0.1, 0.15) is 17.3 Å². The van der Waals surface area contributed by atoms with E-state index in [0.29, 0.717) is 17.0 Å². The molecule has 0 radical (unpaired) electrons. The van der Waals surface area contributed by atoms with Gasteiger partial charge in [0.25, 0.3) is 5.91 Å². The Morgan fingerprint density at radius 2 is 1.77 bits per heavy atom. The molecule has 1 unspecified atom stereocenters. The summed E-state index contributed by atoms with van der Waals surface area (Å²) in [6.45, 7) is 1.67. The van der Waals surface area contributed by atoms with Crippen molar-refractivity contribution in [3.63, 3.8) is 0 Å². The lowest BCUT2D eigenvalue weighted by Gasteiger charge is -2.13. The zero-order valence-corrected chi connectivity index (χ0v) is 17.7. The number of esters is 1. The third-order valence-corrected chi connectivity index (χ3v) is 5.48. The molecular formula is C20H24N2O7S. The van der Waals surface area contributed by atoms with Crippen LogP contribution in [0.15, 0.2) is 53.4 Å². The lowest BCUT2D eigenvalue weighted by molar-refractivity contribution is -0.142. The Kier molecular flexibility index (Phi) is 8.34. The molecule has 0 heterocycles. The summed E-state index contributed by atoms with van der Waals surface area (Å²) >= 11 is 0. The third kappa shape index (κ3) is 6.83. The zero-order chi connectivity index (χ0) is 22.1. The summed E-state index contributed by atoms with van der Waals surface area (Å²) in [7, 11) is -0.956. The molecule has 1 atom stereocenters. The monoisotopic (exact) mass is 436 g/mol. The first-order chi connectivity index (χ1) is 14.2. The third-order valence-electron chi connectivity index (χ3n) is 3.88. The smallest absolute Gasteiger partial charge is 0.343 e. The molecule has 0 aromatic heterocycles. The van der Waals surface area contributed by atoms with Crippen molar-refractivity contribution in [1.29, 1.82) is 0 Å². The van der Waals surface area contributed by atoms with Crippen molar-refractivity contribution >= 4 is 27.6 Å². The van der Waals surface area contributed by atoms with E-state index >= 15 is 0 Å². The van der Waals surface area contributed by atoms with Gasteiger partial charge in [-0.2, -0.15) is 0 Å². The van der Waals surface area contributed by atoms with Gasteiger partial charge in [-0.25, -0.2) is 17.9 Å². The van der Waals surface area contributed by atoms with Crippen molar-refractivity contribution in [2.75, 3.05) is 32.8 Å². The summed E-state index contributed by atoms with van der Waals surface area (Å²) < 4.78 is 41.9. The Labute approximate surface area is 175 Å². The molecule has 0 saturated carbocycles. The largest absolute Gasteiger partial charge is 0.482 e. The van der Waals surface area contributed by atoms with E-state index < -0.39 is 21.9 Å². The molecule has 0 aliphatic rings. The highest BCUT2D eigenvalue weighted by Gasteiger charge is 2.17. The number of anilines is 1. The summed E-state index contributed by atoms with van der Waals surface area (Å²) in [4.78, 5) is 23.7. The van der Waals surface area contributed by atoms with Crippen LogP contribution in [0.3, 0.4) is 0 Å². The number of hydrogen-bond donors (Lipinski definition) is 2. The molecule has 0 aliphatic heterocycles. The Bertz CT molecular complexity index is 975. The predicted molar refractivity (Wildman–Crippen MR) is 110 cm³/mol. The molecule has 2 aromatic carbocycles. The number of carbonyl (C=O) groups is 2. The molecule has 0 bridgehead atoms. The summed E-state index contributed by atoms with van der Waals surface area (Å²) in [6, 6.07) is 11.7. The zero-order valence-electron chi connectivity index (χ0n) is 16.9. The molecule has 9 nitrogen and oxygen atoms in total. The van der Waals surface area contributed by atoms with Gasteiger partial charge in [-0.15, -0.1) is 0 Å². The van der Waals surface area contributed by atoms with Crippen molar-refractivity contribution in [2.24, 2.45) is 0 Å². The second-order valence-corrected chi connectivity index (χ2v) is 8.06. The highest BCUT2D eigenvalue weighted by molar-refractivity contribution is 7.89. The van der Waals surface area contributed by atoms with Crippen molar-refractivity contribution in [2.45, 2.75) is 17.9 Å². The van der Waals surface area contributed by atoms with Gasteiger partial charge in [0, 0.05) is 24.4 Å². The summed E-state index contributed by atoms with van der Waals surface area (Å²) in [5.41, 5.74) is 0.730. The fourth-order valence-corrected chi connectivity index (χ4v) is 3.69. The summed E-state index contributed by atoms with van der Waals surface area (Å²) in [6.07, 6.45) is 0. The number of amides is 1. The van der Waals surface area contributed by atoms with E-state index in [9.17, 15) is 18.0 Å². The van der Waals surface area contributed by atoms with Gasteiger partial charge in [-0.05, 0) is 49.4 Å². The highest BCUT2D eigenvalue weighted by atomic mass is 32.2. The molecule has 2 rings (SSSR count). The quantitative estimate of drug-likeness (QED) is 0.545. The summed E-state index contributed by atoms with van der Waals surface area (Å²) in [5.74, 6) is -0.613. The lowest BCUT2D eigenvalue weighted by Crippen LogP contribution is -2.35. The van der Waals surface area contributed by atoms with Crippen LogP contribution in [0, 0.1) is 0 Å². The minimum Gasteiger partial charge on any atom is -0.482 e. The fraction of sp³-hybridized carbons (Fsp3) is 0.300. The number of ether oxygens (including phenoxy) is 3. The molecular weight excluding hydrogens is 412 g/mol. The van der Waals surface area contributed by atoms with E-state index in [0.717, 1.165) is 0 Å². The maximum atomic E-state index is 12.5. The van der Waals surface area contributed by atoms with Crippen LogP contribution in [0.25, 0.3) is 0 Å². The van der Waals surface area contributed by atoms with Gasteiger partial charge < -0.3 is 19.5 Å². The van der Waals surface area contributed by atoms with Crippen LogP contribution in [0.2, 0.25) is 0 Å². The topological polar surface area (TPSA) is 120 Å². The van der Waals surface area contributed by atoms with Gasteiger partial charge in [-0.3, -0.25) is 4.79 Å². The van der Waals surface area contributed by atoms with Crippen LogP contribution >= 0.6 is 0 Å². The number of sulfonamides is 1. The number of methoxy groups -OCH3 is 2. The number of hydrogen-bond acceptors (Lipinski definition) is 7. The average molecular weight is 436 g/mol. The van der Waals surface area contributed by atoms with Crippen molar-refractivity contribution in [3.8, 4) is 5.75 Å². The number of rotatable bonds is 10. The molecule has 2 N–H and O–H groups in total. The molecule has 162 valence electrons. The molecule has 0 fully saturated rings. The van der Waals surface area contributed by atoms with Gasteiger partial charge in [-0.1, -0.05) is 6.07 Å². The van der Waals surface area contributed by atoms with E-state index in [1.165, 1.54) is 44.6 Å². The normalized spacial score (nSPS) is 12.1. The number of benzene rings is 2. The van der Waals surface area contributed by atoms with Crippen LogP contribution in [0.4, 0.5) is 5.69 Å². The van der Waals surface area contributed by atoms with Gasteiger partial charge in [0.05, 0.1) is 18.6 Å². The van der Waals surface area contributed by atoms with E-state index in [2.05, 4.69) is 14.8 Å². The minimum atomic E-state index is -3.70. The maximum absolute atomic E-state index is 12.5. The maximum Gasteiger partial charge on any atom is 0.343 e. The van der Waals surface area contributed by atoms with Gasteiger partial charge in [0.15, 0.2) is 6.61 Å². The predicted octanol–water partition coefficient (Wildman–Crippen LogP) is 1.80. The van der Waals surface area contributed by atoms with Gasteiger partial charge >= 0.3 is 5.97 Å². The molecule has 0 spiro atoms. The first kappa shape index (κ1) is 23.3. The molecule has 0 saturated heterocycles. The van der Waals surface area contributed by atoms with Gasteiger partial charge in [0.1, 0.15) is 5.75 Å². The standard InChI is InChI=1S/C20H24N2O7S/c1-14(12-27-2)22-30(25,26)18-9-7-16(8-10-18)21-20(24)15-5-4-6-17(11-15)29-13-19(23)28-3/h4-11,14,22H,12-13H2,1-3H3,(H,21,24). The van der Waals surface area contributed by atoms with E-state index in [1.807, 2.05) is 0 Å². The summed E-state index contributed by atoms with van der Waals surface area (Å²) in [5, 5.41) is 2.68. The van der Waals surface area contributed by atoms with Gasteiger partial charge in [0.2, 0.25) is 10.0 Å². The Morgan fingerprint density at radius 1 is 1.07 bits per heavy atom. The van der Waals surface area contributed by atoms with Crippen LogP contribution in [-0.4, -0.2) is 53.8 Å². The second kappa shape index (κ2) is 10.7. The van der Waals surface area contributed by atoms with Crippen LogP contribution in [0.5, 0.6) is 5.75 Å². The molecule has 10 heteroatoms. The number of nitrogens with one attached hydrogen (secondary N) is 2. The van der Waals surface area contributed by atoms with E-state index in [-0.39, 0.29) is 24.2 Å². The molecule has 30 heavy (non-hydrogen) atoms. The molecule has 1 amide bonds. The first-order valence-electron chi connectivity index (χ1n) is 8.97. The molecule has 2 aromatic rings. The lowest BCUT2D eigenvalue weighted by atomic mass is 10.2. The van der Waals surface area contributed by atoms with Crippen molar-refractivity contribution < 1.29 is 32.2 Å². The Morgan fingerprint density at radius 3 is 2.40 bits per heavy atom. The van der Waals surface area contributed by atoms with Crippen molar-refractivity contribution in [1.82, 2.24) is 4.72 Å². The average Bonchev–Trinajstić information content (AvgIpc) is 2.72. The SMILES string of the molecule is COCC(C)NS(=O)(=O)c1ccc(NC(=O)c2cccc(OCC(=O)OC)c2)cc1. The second-order valence-electron chi connectivity index (χ2n) is 6.35. The minimum absolute atomic E-state index is 0.0710. The van der Waals surface area contributed by atoms with E-state index in [1.54, 1.807) is 25.1 Å². The molecule has 0 aliphatic carbocycles. The van der Waals surface area contributed by atoms with Crippen molar-refractivity contribution in [3.05, 3.63) is 54.1 Å².